The highest BCUT2D eigenvalue weighted by atomic mass is 79.9. The van der Waals surface area contributed by atoms with Crippen LogP contribution in [-0.4, -0.2) is 21.3 Å². The lowest BCUT2D eigenvalue weighted by molar-refractivity contribution is -0.136. The fourth-order valence-electron chi connectivity index (χ4n) is 1.16. The summed E-state index contributed by atoms with van der Waals surface area (Å²) in [6, 6.07) is 7.30. The smallest absolute Gasteiger partial charge is 0.312 e. The average Bonchev–Trinajstić information content (AvgIpc) is 2.66. The molecule has 0 amide bonds. The fraction of sp³-hybridized carbons (Fsp3) is 0.100. The van der Waals surface area contributed by atoms with Gasteiger partial charge in [-0.3, -0.25) is 4.79 Å². The van der Waals surface area contributed by atoms with E-state index < -0.39 is 5.97 Å². The van der Waals surface area contributed by atoms with Crippen LogP contribution in [-0.2, 0) is 11.2 Å². The Kier molecular flexibility index (Phi) is 3.00. The minimum Gasteiger partial charge on any atom is -0.481 e. The summed E-state index contributed by atoms with van der Waals surface area (Å²) in [5.74, 6) is -0.569. The lowest BCUT2D eigenvalue weighted by Crippen LogP contribution is -1.99. The first-order valence-electron chi connectivity index (χ1n) is 4.45. The van der Waals surface area contributed by atoms with Gasteiger partial charge < -0.3 is 9.52 Å². The van der Waals surface area contributed by atoms with Crippen molar-refractivity contribution in [1.29, 1.82) is 0 Å². The second-order valence-corrected chi connectivity index (χ2v) is 3.99. The molecular formula is C10H7BrN2O3. The van der Waals surface area contributed by atoms with E-state index in [2.05, 4.69) is 26.1 Å². The van der Waals surface area contributed by atoms with Crippen molar-refractivity contribution in [2.45, 2.75) is 6.42 Å². The van der Waals surface area contributed by atoms with Gasteiger partial charge in [-0.1, -0.05) is 15.9 Å². The minimum atomic E-state index is -0.994. The highest BCUT2D eigenvalue weighted by molar-refractivity contribution is 9.10. The molecule has 1 heterocycles. The van der Waals surface area contributed by atoms with Crippen molar-refractivity contribution >= 4 is 21.9 Å². The number of carbonyl (C=O) groups is 1. The van der Waals surface area contributed by atoms with Crippen LogP contribution >= 0.6 is 15.9 Å². The van der Waals surface area contributed by atoms with Gasteiger partial charge in [0.15, 0.2) is 0 Å². The summed E-state index contributed by atoms with van der Waals surface area (Å²) >= 11 is 3.31. The van der Waals surface area contributed by atoms with E-state index >= 15 is 0 Å². The molecule has 16 heavy (non-hydrogen) atoms. The van der Waals surface area contributed by atoms with Gasteiger partial charge in [0.05, 0.1) is 0 Å². The molecule has 0 saturated heterocycles. The number of carboxylic acid groups (broad SMARTS) is 1. The molecule has 0 atom stereocenters. The van der Waals surface area contributed by atoms with Gasteiger partial charge in [0, 0.05) is 10.0 Å². The molecule has 5 nitrogen and oxygen atoms in total. The number of aromatic nitrogens is 2. The maximum atomic E-state index is 10.4. The molecule has 0 fully saturated rings. The van der Waals surface area contributed by atoms with Crippen LogP contribution in [0.1, 0.15) is 5.89 Å². The Morgan fingerprint density at radius 3 is 2.62 bits per heavy atom. The highest BCUT2D eigenvalue weighted by Crippen LogP contribution is 2.20. The second-order valence-electron chi connectivity index (χ2n) is 3.08. The molecule has 0 saturated carbocycles. The highest BCUT2D eigenvalue weighted by Gasteiger charge is 2.10. The molecular weight excluding hydrogens is 276 g/mol. The summed E-state index contributed by atoms with van der Waals surface area (Å²) < 4.78 is 6.15. The van der Waals surface area contributed by atoms with E-state index in [1.54, 1.807) is 0 Å². The quantitative estimate of drug-likeness (QED) is 0.933. The second kappa shape index (κ2) is 4.44. The minimum absolute atomic E-state index is 0.102. The van der Waals surface area contributed by atoms with Crippen LogP contribution in [0.25, 0.3) is 11.5 Å². The third kappa shape index (κ3) is 2.46. The van der Waals surface area contributed by atoms with Gasteiger partial charge in [-0.2, -0.15) is 0 Å². The number of rotatable bonds is 3. The monoisotopic (exact) mass is 282 g/mol. The van der Waals surface area contributed by atoms with Gasteiger partial charge in [0.2, 0.25) is 11.8 Å². The van der Waals surface area contributed by atoms with Crippen molar-refractivity contribution in [2.24, 2.45) is 0 Å². The average molecular weight is 283 g/mol. The number of nitrogens with zero attached hydrogens (tertiary/aromatic N) is 2. The summed E-state index contributed by atoms with van der Waals surface area (Å²) in [6.45, 7) is 0. The maximum Gasteiger partial charge on any atom is 0.312 e. The third-order valence-electron chi connectivity index (χ3n) is 1.86. The van der Waals surface area contributed by atoms with E-state index in [1.165, 1.54) is 0 Å². The maximum absolute atomic E-state index is 10.4. The first-order chi connectivity index (χ1) is 7.65. The topological polar surface area (TPSA) is 76.2 Å². The molecule has 0 radical (unpaired) electrons. The van der Waals surface area contributed by atoms with Crippen molar-refractivity contribution in [1.82, 2.24) is 10.2 Å². The van der Waals surface area contributed by atoms with Gasteiger partial charge in [0.1, 0.15) is 6.42 Å². The van der Waals surface area contributed by atoms with Crippen molar-refractivity contribution in [3.8, 4) is 11.5 Å². The fourth-order valence-corrected chi connectivity index (χ4v) is 1.43. The Labute approximate surface area is 99.2 Å². The molecule has 2 rings (SSSR count). The van der Waals surface area contributed by atoms with E-state index in [9.17, 15) is 4.79 Å². The van der Waals surface area contributed by atoms with Crippen molar-refractivity contribution in [3.63, 3.8) is 0 Å². The molecule has 1 N–H and O–H groups in total. The van der Waals surface area contributed by atoms with Gasteiger partial charge in [-0.05, 0) is 24.3 Å². The number of hydrogen-bond donors (Lipinski definition) is 1. The number of hydrogen-bond acceptors (Lipinski definition) is 4. The summed E-state index contributed by atoms with van der Waals surface area (Å²) in [6.07, 6.45) is -0.260. The molecule has 1 aromatic carbocycles. The largest absolute Gasteiger partial charge is 0.481 e. The normalized spacial score (nSPS) is 10.3. The summed E-state index contributed by atoms with van der Waals surface area (Å²) in [4.78, 5) is 10.4. The van der Waals surface area contributed by atoms with Crippen molar-refractivity contribution < 1.29 is 14.3 Å². The van der Waals surface area contributed by atoms with Crippen LogP contribution in [0.5, 0.6) is 0 Å². The Hall–Kier alpha value is -1.69. The zero-order chi connectivity index (χ0) is 11.5. The van der Waals surface area contributed by atoms with Crippen molar-refractivity contribution in [3.05, 3.63) is 34.6 Å². The third-order valence-corrected chi connectivity index (χ3v) is 2.39. The van der Waals surface area contributed by atoms with E-state index in [0.717, 1.165) is 10.0 Å². The van der Waals surface area contributed by atoms with Crippen LogP contribution in [0, 0.1) is 0 Å². The van der Waals surface area contributed by atoms with Gasteiger partial charge in [0.25, 0.3) is 0 Å². The van der Waals surface area contributed by atoms with Gasteiger partial charge in [-0.15, -0.1) is 10.2 Å². The number of carboxylic acids is 1. The molecule has 0 aliphatic rings. The van der Waals surface area contributed by atoms with Crippen LogP contribution in [0.2, 0.25) is 0 Å². The van der Waals surface area contributed by atoms with E-state index in [-0.39, 0.29) is 12.3 Å². The zero-order valence-corrected chi connectivity index (χ0v) is 9.64. The number of benzene rings is 1. The zero-order valence-electron chi connectivity index (χ0n) is 8.05. The predicted octanol–water partition coefficient (Wildman–Crippen LogP) is 2.13. The van der Waals surface area contributed by atoms with Crippen LogP contribution in [0.4, 0.5) is 0 Å². The molecule has 0 bridgehead atoms. The van der Waals surface area contributed by atoms with Crippen LogP contribution < -0.4 is 0 Å². The summed E-state index contributed by atoms with van der Waals surface area (Å²) in [5.41, 5.74) is 0.757. The lowest BCUT2D eigenvalue weighted by Gasteiger charge is -1.94. The Morgan fingerprint density at radius 2 is 2.00 bits per heavy atom. The summed E-state index contributed by atoms with van der Waals surface area (Å²) in [7, 11) is 0. The van der Waals surface area contributed by atoms with Gasteiger partial charge >= 0.3 is 5.97 Å². The molecule has 0 spiro atoms. The molecule has 2 aromatic rings. The number of aliphatic carboxylic acids is 1. The molecule has 0 aliphatic carbocycles. The predicted molar refractivity (Wildman–Crippen MR) is 58.8 cm³/mol. The Morgan fingerprint density at radius 1 is 1.31 bits per heavy atom. The van der Waals surface area contributed by atoms with E-state index in [1.807, 2.05) is 24.3 Å². The lowest BCUT2D eigenvalue weighted by atomic mass is 10.2. The van der Waals surface area contributed by atoms with Crippen LogP contribution in [0.15, 0.2) is 33.2 Å². The first-order valence-corrected chi connectivity index (χ1v) is 5.24. The molecule has 6 heteroatoms. The van der Waals surface area contributed by atoms with Crippen LogP contribution in [0.3, 0.4) is 0 Å². The molecule has 82 valence electrons. The first kappa shape index (κ1) is 10.8. The van der Waals surface area contributed by atoms with Gasteiger partial charge in [-0.25, -0.2) is 0 Å². The standard InChI is InChI=1S/C10H7BrN2O3/c11-7-3-1-6(2-4-7)10-13-12-8(16-10)5-9(14)15/h1-4H,5H2,(H,14,15). The summed E-state index contributed by atoms with van der Waals surface area (Å²) in [5, 5.41) is 16.0. The van der Waals surface area contributed by atoms with Crippen molar-refractivity contribution in [2.75, 3.05) is 0 Å². The molecule has 0 aliphatic heterocycles. The van der Waals surface area contributed by atoms with E-state index in [0.29, 0.717) is 5.89 Å². The van der Waals surface area contributed by atoms with E-state index in [4.69, 9.17) is 9.52 Å². The molecule has 1 aromatic heterocycles. The Balaban J connectivity index is 2.24. The molecule has 0 unspecified atom stereocenters. The number of halogens is 1. The SMILES string of the molecule is O=C(O)Cc1nnc(-c2ccc(Br)cc2)o1. The Bertz CT molecular complexity index is 507.